The van der Waals surface area contributed by atoms with Crippen LogP contribution >= 0.6 is 0 Å². The minimum Gasteiger partial charge on any atom is -0.453 e. The van der Waals surface area contributed by atoms with Crippen molar-refractivity contribution in [2.75, 3.05) is 0 Å². The molecule has 0 fully saturated rings. The summed E-state index contributed by atoms with van der Waals surface area (Å²) in [6.07, 6.45) is 0. The summed E-state index contributed by atoms with van der Waals surface area (Å²) in [5.74, 6) is -0.239. The van der Waals surface area contributed by atoms with Crippen LogP contribution in [0.2, 0.25) is 0 Å². The van der Waals surface area contributed by atoms with E-state index in [9.17, 15) is 17.7 Å². The van der Waals surface area contributed by atoms with Gasteiger partial charge in [-0.25, -0.2) is 0 Å². The molecule has 0 radical (unpaired) electrons. The van der Waals surface area contributed by atoms with Gasteiger partial charge in [0.15, 0.2) is 11.5 Å². The normalized spacial score (nSPS) is 11.3. The van der Waals surface area contributed by atoms with Gasteiger partial charge in [0.25, 0.3) is 0 Å². The molecule has 17 heavy (non-hydrogen) atoms. The number of fused-ring (bicyclic) bond motifs is 1. The first kappa shape index (κ1) is 15.0. The summed E-state index contributed by atoms with van der Waals surface area (Å²) in [7, 11) is 0. The topological polar surface area (TPSA) is 30.2 Å². The van der Waals surface area contributed by atoms with E-state index in [-0.39, 0.29) is 68.5 Å². The predicted molar refractivity (Wildman–Crippen MR) is 54.9 cm³/mol. The van der Waals surface area contributed by atoms with Gasteiger partial charge in [-0.05, 0) is 12.1 Å². The van der Waals surface area contributed by atoms with E-state index in [0.29, 0.717) is 5.39 Å². The van der Waals surface area contributed by atoms with Crippen LogP contribution in [0.4, 0.5) is 12.9 Å². The number of hydrogen-bond acceptors (Lipinski definition) is 2. The summed E-state index contributed by atoms with van der Waals surface area (Å²) in [4.78, 5) is 11.0. The Morgan fingerprint density at radius 2 is 1.88 bits per heavy atom. The standard InChI is InChI=1S/C10H7BF3O2.K/c1-6(15)10-5-7-4-8(11(12,13)14)2-3-9(7)16-10;/h2-5H,1H3;/q-1;+1. The van der Waals surface area contributed by atoms with Gasteiger partial charge >= 0.3 is 58.4 Å². The van der Waals surface area contributed by atoms with Gasteiger partial charge < -0.3 is 17.4 Å². The average Bonchev–Trinajstić information content (AvgIpc) is 2.58. The van der Waals surface area contributed by atoms with E-state index in [1.807, 2.05) is 0 Å². The molecule has 0 unspecified atom stereocenters. The second-order valence-electron chi connectivity index (χ2n) is 3.54. The van der Waals surface area contributed by atoms with Crippen molar-refractivity contribution < 1.29 is 73.5 Å². The smallest absolute Gasteiger partial charge is 0.453 e. The number of Topliss-reactive ketones (excluding diaryl/α,β-unsaturated/α-hetero) is 1. The molecule has 0 aliphatic rings. The minimum absolute atomic E-state index is 0. The van der Waals surface area contributed by atoms with Crippen molar-refractivity contribution in [1.82, 2.24) is 0 Å². The van der Waals surface area contributed by atoms with Gasteiger partial charge in [-0.1, -0.05) is 12.1 Å². The van der Waals surface area contributed by atoms with Gasteiger partial charge in [0.05, 0.1) is 0 Å². The van der Waals surface area contributed by atoms with Crippen LogP contribution in [0.15, 0.2) is 28.7 Å². The van der Waals surface area contributed by atoms with Gasteiger partial charge in [0, 0.05) is 12.3 Å². The first-order chi connectivity index (χ1) is 7.38. The number of ketones is 1. The summed E-state index contributed by atoms with van der Waals surface area (Å²) in [6, 6.07) is 4.50. The Bertz CT molecular complexity index is 562. The maximum Gasteiger partial charge on any atom is 1.00 e. The quantitative estimate of drug-likeness (QED) is 0.551. The van der Waals surface area contributed by atoms with E-state index >= 15 is 0 Å². The summed E-state index contributed by atoms with van der Waals surface area (Å²) in [5.41, 5.74) is -0.405. The van der Waals surface area contributed by atoms with Crippen molar-refractivity contribution >= 4 is 29.2 Å². The molecular weight excluding hydrogens is 259 g/mol. The first-order valence-corrected chi connectivity index (χ1v) is 4.62. The molecule has 0 bridgehead atoms. The molecule has 0 atom stereocenters. The van der Waals surface area contributed by atoms with Gasteiger partial charge in [-0.3, -0.25) is 4.79 Å². The fourth-order valence-electron chi connectivity index (χ4n) is 1.44. The molecule has 2 nitrogen and oxygen atoms in total. The molecule has 0 saturated heterocycles. The Kier molecular flexibility index (Phi) is 4.65. The van der Waals surface area contributed by atoms with E-state index < -0.39 is 12.4 Å². The van der Waals surface area contributed by atoms with Crippen LogP contribution in [-0.2, 0) is 0 Å². The third kappa shape index (κ3) is 3.23. The van der Waals surface area contributed by atoms with Gasteiger partial charge in [-0.2, -0.15) is 0 Å². The van der Waals surface area contributed by atoms with Gasteiger partial charge in [0.1, 0.15) is 5.58 Å². The molecule has 7 heteroatoms. The number of hydrogen-bond donors (Lipinski definition) is 0. The number of carbonyl (C=O) groups excluding carboxylic acids is 1. The summed E-state index contributed by atoms with van der Waals surface area (Å²) < 4.78 is 42.4. The molecule has 0 amide bonds. The molecule has 2 aromatic rings. The predicted octanol–water partition coefficient (Wildman–Crippen LogP) is -0.306. The van der Waals surface area contributed by atoms with Gasteiger partial charge in [-0.15, -0.1) is 5.46 Å². The number of benzene rings is 1. The van der Waals surface area contributed by atoms with Crippen LogP contribution in [0.1, 0.15) is 17.5 Å². The molecule has 1 aromatic carbocycles. The van der Waals surface area contributed by atoms with Crippen molar-refractivity contribution in [3.8, 4) is 0 Å². The Balaban J connectivity index is 0.00000144. The number of halogens is 3. The van der Waals surface area contributed by atoms with Crippen LogP contribution in [0, 0.1) is 0 Å². The Hall–Kier alpha value is -0.0787. The summed E-state index contributed by atoms with van der Waals surface area (Å²) in [5, 5.41) is 0.293. The molecule has 84 valence electrons. The maximum absolute atomic E-state index is 12.4. The van der Waals surface area contributed by atoms with Crippen molar-refractivity contribution in [2.45, 2.75) is 6.92 Å². The molecule has 0 saturated carbocycles. The zero-order valence-corrected chi connectivity index (χ0v) is 12.5. The molecule has 2 rings (SSSR count). The van der Waals surface area contributed by atoms with Gasteiger partial charge in [0.2, 0.25) is 0 Å². The van der Waals surface area contributed by atoms with Crippen molar-refractivity contribution in [1.29, 1.82) is 0 Å². The monoisotopic (exact) mass is 266 g/mol. The first-order valence-electron chi connectivity index (χ1n) is 4.62. The Labute approximate surface area is 138 Å². The Morgan fingerprint density at radius 1 is 1.24 bits per heavy atom. The number of rotatable bonds is 2. The molecular formula is C10H7BF3KO2. The summed E-state index contributed by atoms with van der Waals surface area (Å²) >= 11 is 0. The van der Waals surface area contributed by atoms with E-state index in [0.717, 1.165) is 12.1 Å². The fraction of sp³-hybridized carbons (Fsp3) is 0.100. The van der Waals surface area contributed by atoms with Crippen LogP contribution in [-0.4, -0.2) is 12.8 Å². The van der Waals surface area contributed by atoms with Crippen molar-refractivity contribution in [2.24, 2.45) is 0 Å². The second kappa shape index (κ2) is 5.28. The van der Waals surface area contributed by atoms with Crippen LogP contribution in [0.25, 0.3) is 11.0 Å². The van der Waals surface area contributed by atoms with Crippen molar-refractivity contribution in [3.05, 3.63) is 30.0 Å². The molecule has 0 N–H and O–H groups in total. The summed E-state index contributed by atoms with van der Waals surface area (Å²) in [6.45, 7) is -3.72. The fourth-order valence-corrected chi connectivity index (χ4v) is 1.44. The van der Waals surface area contributed by atoms with Crippen molar-refractivity contribution in [3.63, 3.8) is 0 Å². The third-order valence-electron chi connectivity index (χ3n) is 2.27. The van der Waals surface area contributed by atoms with E-state index in [2.05, 4.69) is 0 Å². The Morgan fingerprint density at radius 3 is 2.41 bits per heavy atom. The zero-order valence-electron chi connectivity index (χ0n) is 9.34. The van der Waals surface area contributed by atoms with Crippen LogP contribution < -0.4 is 56.8 Å². The SMILES string of the molecule is CC(=O)c1cc2cc([B-](F)(F)F)ccc2o1.[K+]. The van der Waals surface area contributed by atoms with Crippen LogP contribution in [0.3, 0.4) is 0 Å². The molecule has 0 spiro atoms. The number of carbonyl (C=O) groups is 1. The average molecular weight is 266 g/mol. The molecule has 1 heterocycles. The zero-order chi connectivity index (χ0) is 11.9. The third-order valence-corrected chi connectivity index (χ3v) is 2.27. The van der Waals surface area contributed by atoms with E-state index in [1.54, 1.807) is 0 Å². The maximum atomic E-state index is 12.4. The number of furan rings is 1. The van der Waals surface area contributed by atoms with Crippen LogP contribution in [0.5, 0.6) is 0 Å². The second-order valence-corrected chi connectivity index (χ2v) is 3.54. The molecule has 1 aromatic heterocycles. The minimum atomic E-state index is -5.02. The van der Waals surface area contributed by atoms with E-state index in [4.69, 9.17) is 4.42 Å². The molecule has 0 aliphatic carbocycles. The largest absolute Gasteiger partial charge is 1.00 e. The van der Waals surface area contributed by atoms with E-state index in [1.165, 1.54) is 19.1 Å². The molecule has 0 aliphatic heterocycles.